The molecule has 1 aromatic heterocycles. The van der Waals surface area contributed by atoms with Gasteiger partial charge in [-0.3, -0.25) is 10.1 Å². The highest BCUT2D eigenvalue weighted by Gasteiger charge is 2.20. The number of hydrogen-bond donors (Lipinski definition) is 2. The number of thiophene rings is 1. The summed E-state index contributed by atoms with van der Waals surface area (Å²) >= 11 is 1.71. The summed E-state index contributed by atoms with van der Waals surface area (Å²) in [6, 6.07) is 12.7. The first-order valence-electron chi connectivity index (χ1n) is 7.75. The van der Waals surface area contributed by atoms with E-state index in [0.29, 0.717) is 0 Å². The third kappa shape index (κ3) is 4.18. The maximum atomic E-state index is 11.8. The van der Waals surface area contributed by atoms with Gasteiger partial charge in [0.05, 0.1) is 12.1 Å². The number of benzene rings is 1. The summed E-state index contributed by atoms with van der Waals surface area (Å²) in [5.74, 6) is 0.00385. The lowest BCUT2D eigenvalue weighted by atomic mass is 10.0. The molecule has 2 aromatic rings. The predicted octanol–water partition coefficient (Wildman–Crippen LogP) is 3.51. The molecule has 0 aliphatic carbocycles. The number of rotatable bonds is 7. The number of amides is 1. The van der Waals surface area contributed by atoms with Gasteiger partial charge >= 0.3 is 0 Å². The summed E-state index contributed by atoms with van der Waals surface area (Å²) in [7, 11) is 1.67. The number of nitrogens with one attached hydrogen (secondary N) is 2. The fourth-order valence-electron chi connectivity index (χ4n) is 2.51. The van der Waals surface area contributed by atoms with Crippen LogP contribution in [-0.2, 0) is 11.2 Å². The summed E-state index contributed by atoms with van der Waals surface area (Å²) < 4.78 is 0. The van der Waals surface area contributed by atoms with Crippen molar-refractivity contribution in [3.05, 3.63) is 57.8 Å². The van der Waals surface area contributed by atoms with Crippen LogP contribution in [0.4, 0.5) is 0 Å². The minimum atomic E-state index is -0.243. The molecule has 2 atom stereocenters. The fraction of sp³-hybridized carbons (Fsp3) is 0.389. The Labute approximate surface area is 136 Å². The average Bonchev–Trinajstić information content (AvgIpc) is 3.07. The summed E-state index contributed by atoms with van der Waals surface area (Å²) in [4.78, 5) is 13.0. The summed E-state index contributed by atoms with van der Waals surface area (Å²) in [5.41, 5.74) is 2.55. The van der Waals surface area contributed by atoms with Gasteiger partial charge < -0.3 is 5.32 Å². The van der Waals surface area contributed by atoms with Crippen molar-refractivity contribution in [2.24, 2.45) is 0 Å². The molecular formula is C18H24N2OS. The molecule has 0 saturated carbocycles. The topological polar surface area (TPSA) is 41.1 Å². The van der Waals surface area contributed by atoms with E-state index in [4.69, 9.17) is 0 Å². The zero-order valence-electron chi connectivity index (χ0n) is 13.4. The molecule has 0 radical (unpaired) electrons. The first-order valence-corrected chi connectivity index (χ1v) is 8.63. The van der Waals surface area contributed by atoms with Gasteiger partial charge in [0.15, 0.2) is 0 Å². The van der Waals surface area contributed by atoms with E-state index in [0.717, 1.165) is 12.8 Å². The number of carbonyl (C=O) groups excluding carboxylic acids is 1. The lowest BCUT2D eigenvalue weighted by Crippen LogP contribution is -2.42. The van der Waals surface area contributed by atoms with Crippen molar-refractivity contribution < 1.29 is 4.79 Å². The standard InChI is InChI=1S/C18H24N2OS/c1-4-6-14-8-10-15(11-9-14)17(16-7-5-12-22-16)20-13(2)18(21)19-3/h5,7-13,17,20H,4,6H2,1-3H3,(H,19,21)/t13-,17-/m0/s1. The van der Waals surface area contributed by atoms with Crippen LogP contribution in [0.1, 0.15) is 42.3 Å². The Morgan fingerprint density at radius 2 is 1.95 bits per heavy atom. The van der Waals surface area contributed by atoms with Crippen molar-refractivity contribution in [3.63, 3.8) is 0 Å². The maximum Gasteiger partial charge on any atom is 0.236 e. The summed E-state index contributed by atoms with van der Waals surface area (Å²) in [5, 5.41) is 8.20. The van der Waals surface area contributed by atoms with E-state index < -0.39 is 0 Å². The molecule has 0 aliphatic heterocycles. The smallest absolute Gasteiger partial charge is 0.236 e. The first kappa shape index (κ1) is 16.7. The molecule has 0 bridgehead atoms. The van der Waals surface area contributed by atoms with Crippen molar-refractivity contribution in [1.29, 1.82) is 0 Å². The molecule has 1 aromatic carbocycles. The van der Waals surface area contributed by atoms with E-state index in [9.17, 15) is 4.79 Å². The first-order chi connectivity index (χ1) is 10.7. The van der Waals surface area contributed by atoms with Crippen molar-refractivity contribution in [2.45, 2.75) is 38.8 Å². The van der Waals surface area contributed by atoms with Crippen molar-refractivity contribution in [1.82, 2.24) is 10.6 Å². The molecule has 2 N–H and O–H groups in total. The number of carbonyl (C=O) groups is 1. The van der Waals surface area contributed by atoms with Crippen LogP contribution in [0.5, 0.6) is 0 Å². The molecule has 3 nitrogen and oxygen atoms in total. The van der Waals surface area contributed by atoms with E-state index in [-0.39, 0.29) is 18.0 Å². The molecular weight excluding hydrogens is 292 g/mol. The van der Waals surface area contributed by atoms with Crippen LogP contribution in [0.2, 0.25) is 0 Å². The molecule has 4 heteroatoms. The largest absolute Gasteiger partial charge is 0.358 e. The molecule has 1 amide bonds. The van der Waals surface area contributed by atoms with E-state index in [1.165, 1.54) is 16.0 Å². The molecule has 0 spiro atoms. The minimum Gasteiger partial charge on any atom is -0.358 e. The van der Waals surface area contributed by atoms with E-state index in [1.54, 1.807) is 18.4 Å². The van der Waals surface area contributed by atoms with E-state index in [2.05, 4.69) is 53.3 Å². The van der Waals surface area contributed by atoms with Crippen LogP contribution in [0, 0.1) is 0 Å². The fourth-order valence-corrected chi connectivity index (χ4v) is 3.32. The Hall–Kier alpha value is -1.65. The van der Waals surface area contributed by atoms with Crippen LogP contribution in [-0.4, -0.2) is 19.0 Å². The van der Waals surface area contributed by atoms with Crippen LogP contribution < -0.4 is 10.6 Å². The minimum absolute atomic E-state index is 0.00385. The quantitative estimate of drug-likeness (QED) is 0.820. The lowest BCUT2D eigenvalue weighted by molar-refractivity contribution is -0.122. The zero-order valence-corrected chi connectivity index (χ0v) is 14.2. The van der Waals surface area contributed by atoms with Gasteiger partial charge in [-0.1, -0.05) is 43.7 Å². The molecule has 2 rings (SSSR count). The molecule has 0 saturated heterocycles. The Morgan fingerprint density at radius 1 is 1.23 bits per heavy atom. The maximum absolute atomic E-state index is 11.8. The molecule has 0 unspecified atom stereocenters. The molecule has 1 heterocycles. The van der Waals surface area contributed by atoms with Crippen LogP contribution in [0.25, 0.3) is 0 Å². The Morgan fingerprint density at radius 3 is 2.50 bits per heavy atom. The highest BCUT2D eigenvalue weighted by atomic mass is 32.1. The number of aryl methyl sites for hydroxylation is 1. The molecule has 22 heavy (non-hydrogen) atoms. The molecule has 0 aliphatic rings. The normalized spacial score (nSPS) is 13.6. The van der Waals surface area contributed by atoms with Crippen LogP contribution in [0.15, 0.2) is 41.8 Å². The number of hydrogen-bond acceptors (Lipinski definition) is 3. The SMILES string of the molecule is CCCc1ccc([C@H](N[C@@H](C)C(=O)NC)c2cccs2)cc1. The van der Waals surface area contributed by atoms with E-state index in [1.807, 2.05) is 13.0 Å². The second-order valence-electron chi connectivity index (χ2n) is 5.44. The monoisotopic (exact) mass is 316 g/mol. The van der Waals surface area contributed by atoms with Gasteiger partial charge in [0.25, 0.3) is 0 Å². The van der Waals surface area contributed by atoms with Gasteiger partial charge in [-0.25, -0.2) is 0 Å². The highest BCUT2D eigenvalue weighted by Crippen LogP contribution is 2.27. The van der Waals surface area contributed by atoms with Gasteiger partial charge in [-0.2, -0.15) is 0 Å². The van der Waals surface area contributed by atoms with Gasteiger partial charge in [-0.05, 0) is 35.9 Å². The summed E-state index contributed by atoms with van der Waals surface area (Å²) in [6.45, 7) is 4.08. The van der Waals surface area contributed by atoms with Gasteiger partial charge in [-0.15, -0.1) is 11.3 Å². The van der Waals surface area contributed by atoms with Crippen molar-refractivity contribution in [3.8, 4) is 0 Å². The van der Waals surface area contributed by atoms with Crippen LogP contribution >= 0.6 is 11.3 Å². The third-order valence-corrected chi connectivity index (χ3v) is 4.67. The predicted molar refractivity (Wildman–Crippen MR) is 93.3 cm³/mol. The highest BCUT2D eigenvalue weighted by molar-refractivity contribution is 7.10. The Bertz CT molecular complexity index is 578. The zero-order chi connectivity index (χ0) is 15.9. The molecule has 0 fully saturated rings. The lowest BCUT2D eigenvalue weighted by Gasteiger charge is -2.22. The Balaban J connectivity index is 2.23. The Kier molecular flexibility index (Phi) is 6.16. The average molecular weight is 316 g/mol. The van der Waals surface area contributed by atoms with Gasteiger partial charge in [0.2, 0.25) is 5.91 Å². The van der Waals surface area contributed by atoms with Crippen molar-refractivity contribution in [2.75, 3.05) is 7.05 Å². The van der Waals surface area contributed by atoms with Gasteiger partial charge in [0.1, 0.15) is 0 Å². The third-order valence-electron chi connectivity index (χ3n) is 3.74. The van der Waals surface area contributed by atoms with Gasteiger partial charge in [0, 0.05) is 11.9 Å². The van der Waals surface area contributed by atoms with Crippen molar-refractivity contribution >= 4 is 17.2 Å². The summed E-state index contributed by atoms with van der Waals surface area (Å²) in [6.07, 6.45) is 2.26. The second-order valence-corrected chi connectivity index (χ2v) is 6.42. The number of likely N-dealkylation sites (N-methyl/N-ethyl adjacent to an activating group) is 1. The molecule has 118 valence electrons. The van der Waals surface area contributed by atoms with E-state index >= 15 is 0 Å². The second kappa shape index (κ2) is 8.11. The van der Waals surface area contributed by atoms with Crippen LogP contribution in [0.3, 0.4) is 0 Å².